The number of imidazole rings is 1. The van der Waals surface area contributed by atoms with Crippen molar-refractivity contribution in [2.45, 2.75) is 13.0 Å². The Hall–Kier alpha value is -1.15. The predicted molar refractivity (Wildman–Crippen MR) is 85.0 cm³/mol. The highest BCUT2D eigenvalue weighted by atomic mass is 127. The molecule has 2 heterocycles. The molecule has 19 heavy (non-hydrogen) atoms. The Morgan fingerprint density at radius 1 is 1.47 bits per heavy atom. The van der Waals surface area contributed by atoms with Crippen LogP contribution in [0.15, 0.2) is 29.0 Å². The molecule has 0 aliphatic heterocycles. The molecule has 3 rings (SSSR count). The molecule has 0 saturated carbocycles. The van der Waals surface area contributed by atoms with Gasteiger partial charge in [-0.2, -0.15) is 11.3 Å². The average molecular weight is 387 g/mol. The lowest BCUT2D eigenvalue weighted by atomic mass is 10.1. The molecule has 1 atom stereocenters. The zero-order valence-corrected chi connectivity index (χ0v) is 13.1. The molecule has 3 aromatic rings. The van der Waals surface area contributed by atoms with Crippen molar-refractivity contribution in [3.05, 3.63) is 43.9 Å². The Morgan fingerprint density at radius 2 is 2.26 bits per heavy atom. The first kappa shape index (κ1) is 12.9. The van der Waals surface area contributed by atoms with Crippen molar-refractivity contribution >= 4 is 50.9 Å². The lowest BCUT2D eigenvalue weighted by molar-refractivity contribution is 0.618. The molecule has 0 saturated heterocycles. The molecule has 0 aliphatic rings. The first-order valence-electron chi connectivity index (χ1n) is 5.72. The average Bonchev–Trinajstić information content (AvgIpc) is 2.97. The number of halogens is 2. The third kappa shape index (κ3) is 2.12. The molecule has 2 aromatic heterocycles. The number of hydrogen-bond donors (Lipinski definition) is 1. The summed E-state index contributed by atoms with van der Waals surface area (Å²) >= 11 is 3.59. The second kappa shape index (κ2) is 4.75. The monoisotopic (exact) mass is 387 g/mol. The summed E-state index contributed by atoms with van der Waals surface area (Å²) in [7, 11) is 0. The Bertz CT molecular complexity index is 736. The van der Waals surface area contributed by atoms with E-state index in [2.05, 4.69) is 10.4 Å². The SMILES string of the molecule is CC(c1ccsc1)n1c(N)nc2cc(I)c(F)cc21. The largest absolute Gasteiger partial charge is 0.369 e. The van der Waals surface area contributed by atoms with E-state index >= 15 is 0 Å². The highest BCUT2D eigenvalue weighted by Crippen LogP contribution is 2.30. The third-order valence-electron chi connectivity index (χ3n) is 3.17. The van der Waals surface area contributed by atoms with Gasteiger partial charge in [0.2, 0.25) is 5.95 Å². The van der Waals surface area contributed by atoms with Crippen molar-refractivity contribution in [2.24, 2.45) is 0 Å². The van der Waals surface area contributed by atoms with E-state index in [4.69, 9.17) is 5.73 Å². The van der Waals surface area contributed by atoms with Gasteiger partial charge in [0, 0.05) is 6.07 Å². The zero-order valence-electron chi connectivity index (χ0n) is 10.1. The number of nitrogens with zero attached hydrogens (tertiary/aromatic N) is 2. The van der Waals surface area contributed by atoms with Crippen molar-refractivity contribution in [3.8, 4) is 0 Å². The molecule has 0 spiro atoms. The maximum Gasteiger partial charge on any atom is 0.201 e. The second-order valence-corrected chi connectivity index (χ2v) is 6.27. The molecule has 0 aliphatic carbocycles. The normalized spacial score (nSPS) is 13.0. The van der Waals surface area contributed by atoms with Crippen LogP contribution in [0.5, 0.6) is 0 Å². The maximum absolute atomic E-state index is 13.8. The number of thiophene rings is 1. The number of rotatable bonds is 2. The van der Waals surface area contributed by atoms with E-state index < -0.39 is 0 Å². The van der Waals surface area contributed by atoms with Crippen LogP contribution >= 0.6 is 33.9 Å². The van der Waals surface area contributed by atoms with Crippen molar-refractivity contribution in [2.75, 3.05) is 5.73 Å². The molecule has 1 unspecified atom stereocenters. The first-order valence-corrected chi connectivity index (χ1v) is 7.74. The zero-order chi connectivity index (χ0) is 13.6. The van der Waals surface area contributed by atoms with Crippen LogP contribution in [-0.4, -0.2) is 9.55 Å². The van der Waals surface area contributed by atoms with Gasteiger partial charge in [0.05, 0.1) is 20.6 Å². The Labute approximate surface area is 127 Å². The van der Waals surface area contributed by atoms with E-state index in [0.29, 0.717) is 9.52 Å². The summed E-state index contributed by atoms with van der Waals surface area (Å²) in [4.78, 5) is 4.32. The van der Waals surface area contributed by atoms with Crippen LogP contribution in [-0.2, 0) is 0 Å². The number of nitrogen functional groups attached to an aromatic ring is 1. The van der Waals surface area contributed by atoms with Crippen LogP contribution in [0.1, 0.15) is 18.5 Å². The van der Waals surface area contributed by atoms with Gasteiger partial charge in [0.25, 0.3) is 0 Å². The molecule has 98 valence electrons. The molecular weight excluding hydrogens is 376 g/mol. The minimum Gasteiger partial charge on any atom is -0.369 e. The first-order chi connectivity index (χ1) is 9.08. The van der Waals surface area contributed by atoms with Crippen LogP contribution in [0.2, 0.25) is 0 Å². The van der Waals surface area contributed by atoms with E-state index in [1.807, 2.05) is 45.5 Å². The number of hydrogen-bond acceptors (Lipinski definition) is 3. The second-order valence-electron chi connectivity index (χ2n) is 4.33. The third-order valence-corrected chi connectivity index (χ3v) is 4.70. The Balaban J connectivity index is 2.23. The van der Waals surface area contributed by atoms with Gasteiger partial charge in [-0.1, -0.05) is 0 Å². The summed E-state index contributed by atoms with van der Waals surface area (Å²) in [5.74, 6) is 0.168. The van der Waals surface area contributed by atoms with Crippen LogP contribution in [0.4, 0.5) is 10.3 Å². The quantitative estimate of drug-likeness (QED) is 0.675. The number of aromatic nitrogens is 2. The molecule has 0 radical (unpaired) electrons. The van der Waals surface area contributed by atoms with E-state index in [0.717, 1.165) is 16.6 Å². The van der Waals surface area contributed by atoms with Crippen LogP contribution in [0.25, 0.3) is 11.0 Å². The summed E-state index contributed by atoms with van der Waals surface area (Å²) in [6.45, 7) is 2.04. The van der Waals surface area contributed by atoms with E-state index in [1.54, 1.807) is 17.4 Å². The molecule has 0 fully saturated rings. The fourth-order valence-electron chi connectivity index (χ4n) is 2.18. The van der Waals surface area contributed by atoms with Crippen LogP contribution in [0.3, 0.4) is 0 Å². The van der Waals surface area contributed by atoms with Crippen LogP contribution in [0, 0.1) is 9.39 Å². The van der Waals surface area contributed by atoms with E-state index in [9.17, 15) is 4.39 Å². The molecular formula is C13H11FIN3S. The van der Waals surface area contributed by atoms with Gasteiger partial charge in [-0.25, -0.2) is 9.37 Å². The number of nitrogens with two attached hydrogens (primary N) is 1. The van der Waals surface area contributed by atoms with Gasteiger partial charge in [-0.15, -0.1) is 0 Å². The van der Waals surface area contributed by atoms with E-state index in [-0.39, 0.29) is 11.9 Å². The van der Waals surface area contributed by atoms with Gasteiger partial charge in [0.15, 0.2) is 0 Å². The molecule has 3 nitrogen and oxygen atoms in total. The lowest BCUT2D eigenvalue weighted by Crippen LogP contribution is -2.09. The maximum atomic E-state index is 13.8. The molecule has 0 bridgehead atoms. The van der Waals surface area contributed by atoms with Crippen molar-refractivity contribution in [1.29, 1.82) is 0 Å². The minimum absolute atomic E-state index is 0.0377. The minimum atomic E-state index is -0.244. The molecule has 6 heteroatoms. The Morgan fingerprint density at radius 3 is 2.95 bits per heavy atom. The van der Waals surface area contributed by atoms with Crippen LogP contribution < -0.4 is 5.73 Å². The highest BCUT2D eigenvalue weighted by Gasteiger charge is 2.17. The summed E-state index contributed by atoms with van der Waals surface area (Å²) in [6.07, 6.45) is 0. The van der Waals surface area contributed by atoms with Gasteiger partial charge in [-0.05, 0) is 58.0 Å². The molecule has 0 amide bonds. The smallest absolute Gasteiger partial charge is 0.201 e. The highest BCUT2D eigenvalue weighted by molar-refractivity contribution is 14.1. The van der Waals surface area contributed by atoms with Crippen molar-refractivity contribution in [1.82, 2.24) is 9.55 Å². The van der Waals surface area contributed by atoms with Crippen molar-refractivity contribution < 1.29 is 4.39 Å². The van der Waals surface area contributed by atoms with Gasteiger partial charge in [0.1, 0.15) is 5.82 Å². The lowest BCUT2D eigenvalue weighted by Gasteiger charge is -2.14. The number of fused-ring (bicyclic) bond motifs is 1. The predicted octanol–water partition coefficient (Wildman–Crippen LogP) is 4.03. The number of anilines is 1. The topological polar surface area (TPSA) is 43.8 Å². The summed E-state index contributed by atoms with van der Waals surface area (Å²) in [5.41, 5.74) is 8.60. The standard InChI is InChI=1S/C13H11FIN3S/c1-7(8-2-3-19-6-8)18-12-4-9(14)10(15)5-11(12)17-13(18)16/h2-7H,1H3,(H2,16,17). The van der Waals surface area contributed by atoms with Gasteiger partial charge < -0.3 is 10.3 Å². The van der Waals surface area contributed by atoms with E-state index in [1.165, 1.54) is 6.07 Å². The Kier molecular flexibility index (Phi) is 3.22. The van der Waals surface area contributed by atoms with Gasteiger partial charge in [-0.3, -0.25) is 0 Å². The fourth-order valence-corrected chi connectivity index (χ4v) is 3.38. The van der Waals surface area contributed by atoms with Gasteiger partial charge >= 0.3 is 0 Å². The summed E-state index contributed by atoms with van der Waals surface area (Å²) in [5, 5.41) is 4.09. The molecule has 1 aromatic carbocycles. The number of benzene rings is 1. The fraction of sp³-hybridized carbons (Fsp3) is 0.154. The summed E-state index contributed by atoms with van der Waals surface area (Å²) in [6, 6.07) is 5.31. The van der Waals surface area contributed by atoms with Crippen molar-refractivity contribution in [3.63, 3.8) is 0 Å². The summed E-state index contributed by atoms with van der Waals surface area (Å²) < 4.78 is 16.2. The molecule has 2 N–H and O–H groups in total.